The van der Waals surface area contributed by atoms with E-state index in [0.29, 0.717) is 56.8 Å². The van der Waals surface area contributed by atoms with Gasteiger partial charge in [-0.3, -0.25) is 4.90 Å². The Morgan fingerprint density at radius 1 is 1.10 bits per heavy atom. The third-order valence-electron chi connectivity index (χ3n) is 7.82. The predicted molar refractivity (Wildman–Crippen MR) is 143 cm³/mol. The summed E-state index contributed by atoms with van der Waals surface area (Å²) in [6.45, 7) is 5.21. The molecule has 3 heterocycles. The summed E-state index contributed by atoms with van der Waals surface area (Å²) in [4.78, 5) is 37.7. The summed E-state index contributed by atoms with van der Waals surface area (Å²) in [5.41, 5.74) is 4.93. The fourth-order valence-corrected chi connectivity index (χ4v) is 5.36. The molecule has 3 aromatic rings. The van der Waals surface area contributed by atoms with Crippen LogP contribution < -0.4 is 9.64 Å². The zero-order valence-electron chi connectivity index (χ0n) is 22.0. The van der Waals surface area contributed by atoms with Gasteiger partial charge in [0.05, 0.1) is 43.7 Å². The van der Waals surface area contributed by atoms with Crippen LogP contribution in [0.5, 0.6) is 5.75 Å². The number of hydrogen-bond donors (Lipinski definition) is 1. The van der Waals surface area contributed by atoms with Gasteiger partial charge >= 0.3 is 12.1 Å². The van der Waals surface area contributed by atoms with Crippen LogP contribution in [0.15, 0.2) is 42.6 Å². The zero-order chi connectivity index (χ0) is 27.1. The van der Waals surface area contributed by atoms with Gasteiger partial charge in [-0.1, -0.05) is 12.1 Å². The minimum Gasteiger partial charge on any atom is -0.496 e. The van der Waals surface area contributed by atoms with E-state index in [1.54, 1.807) is 30.3 Å². The fraction of sp³-hybridized carbons (Fsp3) is 0.379. The molecule has 2 aromatic carbocycles. The SMILES string of the molecule is COc1ccc(-c2ccc(C(=O)O)cc2C)cc1-c1cnc(N2CCOCC2)nc1CN1C(=O)OCC12CC2. The van der Waals surface area contributed by atoms with Crippen molar-refractivity contribution in [3.8, 4) is 28.0 Å². The highest BCUT2D eigenvalue weighted by atomic mass is 16.6. The molecule has 1 N–H and O–H groups in total. The molecular formula is C29H30N4O6. The van der Waals surface area contributed by atoms with Crippen molar-refractivity contribution in [1.82, 2.24) is 14.9 Å². The van der Waals surface area contributed by atoms with Gasteiger partial charge in [-0.15, -0.1) is 0 Å². The van der Waals surface area contributed by atoms with Crippen molar-refractivity contribution in [1.29, 1.82) is 0 Å². The Balaban J connectivity index is 1.45. The van der Waals surface area contributed by atoms with Crippen LogP contribution in [0.4, 0.5) is 10.7 Å². The largest absolute Gasteiger partial charge is 0.496 e. The number of aromatic nitrogens is 2. The number of amides is 1. The van der Waals surface area contributed by atoms with Crippen molar-refractivity contribution in [3.05, 3.63) is 59.4 Å². The average molecular weight is 531 g/mol. The van der Waals surface area contributed by atoms with Crippen LogP contribution in [0.3, 0.4) is 0 Å². The van der Waals surface area contributed by atoms with E-state index in [9.17, 15) is 14.7 Å². The molecule has 0 atom stereocenters. The lowest BCUT2D eigenvalue weighted by Gasteiger charge is -2.28. The minimum atomic E-state index is -0.962. The Morgan fingerprint density at radius 2 is 1.90 bits per heavy atom. The maximum Gasteiger partial charge on any atom is 0.410 e. The number of cyclic esters (lactones) is 1. The van der Waals surface area contributed by atoms with E-state index in [4.69, 9.17) is 24.2 Å². The Bertz CT molecular complexity index is 1450. The summed E-state index contributed by atoms with van der Waals surface area (Å²) in [5, 5.41) is 9.38. The summed E-state index contributed by atoms with van der Waals surface area (Å²) < 4.78 is 16.7. The van der Waals surface area contributed by atoms with Crippen molar-refractivity contribution < 1.29 is 28.9 Å². The summed E-state index contributed by atoms with van der Waals surface area (Å²) in [7, 11) is 1.62. The number of carboxylic acid groups (broad SMARTS) is 1. The van der Waals surface area contributed by atoms with Crippen LogP contribution in [0.25, 0.3) is 22.3 Å². The molecule has 39 heavy (non-hydrogen) atoms. The van der Waals surface area contributed by atoms with Gasteiger partial charge in [-0.2, -0.15) is 0 Å². The van der Waals surface area contributed by atoms with E-state index >= 15 is 0 Å². The molecule has 1 saturated carbocycles. The lowest BCUT2D eigenvalue weighted by molar-refractivity contribution is 0.0696. The number of aromatic carboxylic acids is 1. The molecule has 2 aliphatic heterocycles. The number of carbonyl (C=O) groups excluding carboxylic acids is 1. The molecule has 1 aliphatic carbocycles. The first-order chi connectivity index (χ1) is 18.9. The van der Waals surface area contributed by atoms with Gasteiger partial charge in [0.2, 0.25) is 5.95 Å². The van der Waals surface area contributed by atoms with E-state index in [0.717, 1.165) is 40.7 Å². The van der Waals surface area contributed by atoms with Gasteiger partial charge in [0.1, 0.15) is 12.4 Å². The average Bonchev–Trinajstić information content (AvgIpc) is 3.69. The lowest BCUT2D eigenvalue weighted by Crippen LogP contribution is -2.38. The number of benzene rings is 2. The standard InChI is InChI=1S/C29H30N4O6/c1-18-13-20(26(34)35)3-5-21(18)19-4-6-25(37-2)22(14-19)23-15-30-27(32-9-11-38-12-10-32)31-24(23)16-33-28(36)39-17-29(33)7-8-29/h3-6,13-15H,7-12,16-17H2,1-2H3,(H,34,35). The van der Waals surface area contributed by atoms with Crippen LogP contribution >= 0.6 is 0 Å². The molecule has 3 aliphatic rings. The van der Waals surface area contributed by atoms with Gasteiger partial charge in [-0.05, 0) is 60.7 Å². The molecule has 2 saturated heterocycles. The van der Waals surface area contributed by atoms with Crippen LogP contribution in [0.2, 0.25) is 0 Å². The number of hydrogen-bond acceptors (Lipinski definition) is 8. The molecular weight excluding hydrogens is 500 g/mol. The van der Waals surface area contributed by atoms with Crippen LogP contribution in [-0.4, -0.2) is 77.6 Å². The molecule has 1 spiro atoms. The Hall–Kier alpha value is -4.18. The number of carboxylic acids is 1. The second kappa shape index (κ2) is 9.85. The minimum absolute atomic E-state index is 0.242. The first-order valence-electron chi connectivity index (χ1n) is 13.0. The second-order valence-electron chi connectivity index (χ2n) is 10.2. The van der Waals surface area contributed by atoms with Crippen LogP contribution in [0, 0.1) is 6.92 Å². The lowest BCUT2D eigenvalue weighted by atomic mass is 9.94. The molecule has 0 radical (unpaired) electrons. The molecule has 6 rings (SSSR count). The molecule has 3 fully saturated rings. The molecule has 10 heteroatoms. The number of morpholine rings is 1. The monoisotopic (exact) mass is 530 g/mol. The topological polar surface area (TPSA) is 114 Å². The number of nitrogens with zero attached hydrogens (tertiary/aromatic N) is 4. The van der Waals surface area contributed by atoms with Crippen molar-refractivity contribution in [3.63, 3.8) is 0 Å². The number of methoxy groups -OCH3 is 1. The number of anilines is 1. The third kappa shape index (κ3) is 4.65. The van der Waals surface area contributed by atoms with Gasteiger partial charge in [-0.25, -0.2) is 19.6 Å². The van der Waals surface area contributed by atoms with E-state index in [2.05, 4.69) is 4.90 Å². The number of aryl methyl sites for hydroxylation is 1. The van der Waals surface area contributed by atoms with Gasteiger partial charge < -0.3 is 24.2 Å². The smallest absolute Gasteiger partial charge is 0.410 e. The summed E-state index contributed by atoms with van der Waals surface area (Å²) in [6, 6.07) is 10.9. The Morgan fingerprint density at radius 3 is 2.59 bits per heavy atom. The van der Waals surface area contributed by atoms with Crippen molar-refractivity contribution in [2.75, 3.05) is 44.9 Å². The molecule has 10 nitrogen and oxygen atoms in total. The van der Waals surface area contributed by atoms with E-state index in [1.165, 1.54) is 0 Å². The summed E-state index contributed by atoms with van der Waals surface area (Å²) >= 11 is 0. The van der Waals surface area contributed by atoms with Crippen molar-refractivity contribution in [2.45, 2.75) is 31.8 Å². The highest BCUT2D eigenvalue weighted by molar-refractivity contribution is 5.89. The Labute approximate surface area is 226 Å². The maximum atomic E-state index is 12.7. The first-order valence-corrected chi connectivity index (χ1v) is 13.0. The van der Waals surface area contributed by atoms with Crippen molar-refractivity contribution in [2.24, 2.45) is 0 Å². The van der Waals surface area contributed by atoms with Crippen LogP contribution in [0.1, 0.15) is 34.5 Å². The Kier molecular flexibility index (Phi) is 6.34. The summed E-state index contributed by atoms with van der Waals surface area (Å²) in [5.74, 6) is 0.286. The fourth-order valence-electron chi connectivity index (χ4n) is 5.36. The third-order valence-corrected chi connectivity index (χ3v) is 7.82. The van der Waals surface area contributed by atoms with Crippen LogP contribution in [-0.2, 0) is 16.0 Å². The van der Waals surface area contributed by atoms with Crippen molar-refractivity contribution >= 4 is 18.0 Å². The quantitative estimate of drug-likeness (QED) is 0.481. The predicted octanol–water partition coefficient (Wildman–Crippen LogP) is 4.15. The molecule has 0 bridgehead atoms. The second-order valence-corrected chi connectivity index (χ2v) is 10.2. The van der Waals surface area contributed by atoms with Gasteiger partial charge in [0, 0.05) is 30.4 Å². The van der Waals surface area contributed by atoms with E-state index in [1.807, 2.05) is 31.2 Å². The molecule has 202 valence electrons. The van der Waals surface area contributed by atoms with Gasteiger partial charge in [0.15, 0.2) is 0 Å². The zero-order valence-corrected chi connectivity index (χ0v) is 22.0. The molecule has 1 aromatic heterocycles. The summed E-state index contributed by atoms with van der Waals surface area (Å²) in [6.07, 6.45) is 3.32. The first kappa shape index (κ1) is 25.1. The van der Waals surface area contributed by atoms with E-state index < -0.39 is 5.97 Å². The highest BCUT2D eigenvalue weighted by Gasteiger charge is 2.56. The van der Waals surface area contributed by atoms with Gasteiger partial charge in [0.25, 0.3) is 0 Å². The maximum absolute atomic E-state index is 12.7. The molecule has 1 amide bonds. The highest BCUT2D eigenvalue weighted by Crippen LogP contribution is 2.47. The number of ether oxygens (including phenoxy) is 3. The molecule has 0 unspecified atom stereocenters. The number of rotatable bonds is 7. The van der Waals surface area contributed by atoms with E-state index in [-0.39, 0.29) is 17.2 Å². The number of carbonyl (C=O) groups is 2. The normalized spacial score (nSPS) is 17.8.